The summed E-state index contributed by atoms with van der Waals surface area (Å²) in [5.74, 6) is 9.17. The van der Waals surface area contributed by atoms with E-state index in [1.54, 1.807) is 0 Å². The predicted molar refractivity (Wildman–Crippen MR) is 88.8 cm³/mol. The molecule has 0 aliphatic heterocycles. The van der Waals surface area contributed by atoms with Crippen molar-refractivity contribution in [2.75, 3.05) is 6.61 Å². The summed E-state index contributed by atoms with van der Waals surface area (Å²) in [5.41, 5.74) is 3.17. The van der Waals surface area contributed by atoms with E-state index in [1.165, 1.54) is 32.1 Å². The van der Waals surface area contributed by atoms with Crippen molar-refractivity contribution >= 4 is 0 Å². The minimum absolute atomic E-state index is 0.0303. The Balaban J connectivity index is 2.15. The molecule has 3 heteroatoms. The molecule has 3 nitrogen and oxygen atoms in total. The molecule has 2 fully saturated rings. The van der Waals surface area contributed by atoms with Crippen LogP contribution < -0.4 is 11.3 Å². The maximum atomic E-state index is 6.35. The third-order valence-electron chi connectivity index (χ3n) is 5.99. The molecule has 0 aromatic carbocycles. The summed E-state index contributed by atoms with van der Waals surface area (Å²) in [6.07, 6.45) is 8.83. The molecule has 2 aliphatic rings. The molecule has 2 aliphatic carbocycles. The van der Waals surface area contributed by atoms with Crippen molar-refractivity contribution < 1.29 is 4.74 Å². The molecule has 3 N–H and O–H groups in total. The first kappa shape index (κ1) is 17.2. The van der Waals surface area contributed by atoms with Crippen LogP contribution in [0.25, 0.3) is 0 Å². The van der Waals surface area contributed by atoms with Gasteiger partial charge in [0.2, 0.25) is 0 Å². The molecular formula is C18H36N2O. The SMILES string of the molecule is CCOC1(C(NN)C2CC(C)CC(C)C2)CCC(C)CC1. The summed E-state index contributed by atoms with van der Waals surface area (Å²) in [6.45, 7) is 10.1. The number of nitrogens with one attached hydrogen (secondary N) is 1. The Morgan fingerprint density at radius 3 is 2.10 bits per heavy atom. The Hall–Kier alpha value is -0.120. The number of hydrogen-bond donors (Lipinski definition) is 2. The largest absolute Gasteiger partial charge is 0.374 e. The van der Waals surface area contributed by atoms with Crippen LogP contribution in [0.4, 0.5) is 0 Å². The van der Waals surface area contributed by atoms with E-state index >= 15 is 0 Å². The number of hydrazine groups is 1. The van der Waals surface area contributed by atoms with Crippen LogP contribution in [0.3, 0.4) is 0 Å². The fourth-order valence-electron chi connectivity index (χ4n) is 5.08. The highest BCUT2D eigenvalue weighted by Crippen LogP contribution is 2.44. The summed E-state index contributed by atoms with van der Waals surface area (Å²) < 4.78 is 6.35. The first-order valence-corrected chi connectivity index (χ1v) is 9.10. The molecule has 0 saturated heterocycles. The van der Waals surface area contributed by atoms with Crippen molar-refractivity contribution in [3.63, 3.8) is 0 Å². The molecule has 3 atom stereocenters. The maximum Gasteiger partial charge on any atom is 0.0850 e. The lowest BCUT2D eigenvalue weighted by Gasteiger charge is -2.49. The van der Waals surface area contributed by atoms with E-state index in [-0.39, 0.29) is 5.60 Å². The van der Waals surface area contributed by atoms with Crippen molar-refractivity contribution in [1.29, 1.82) is 0 Å². The van der Waals surface area contributed by atoms with Gasteiger partial charge in [0.25, 0.3) is 0 Å². The predicted octanol–water partition coefficient (Wildman–Crippen LogP) is 3.88. The van der Waals surface area contributed by atoms with E-state index in [1.807, 2.05) is 0 Å². The maximum absolute atomic E-state index is 6.35. The van der Waals surface area contributed by atoms with E-state index in [9.17, 15) is 0 Å². The Morgan fingerprint density at radius 2 is 1.62 bits per heavy atom. The van der Waals surface area contributed by atoms with Gasteiger partial charge in [0.15, 0.2) is 0 Å². The van der Waals surface area contributed by atoms with Crippen LogP contribution in [0, 0.1) is 23.7 Å². The molecule has 0 aromatic rings. The number of ether oxygens (including phenoxy) is 1. The molecule has 2 saturated carbocycles. The summed E-state index contributed by atoms with van der Waals surface area (Å²) in [4.78, 5) is 0. The highest BCUT2D eigenvalue weighted by atomic mass is 16.5. The molecule has 0 aromatic heterocycles. The van der Waals surface area contributed by atoms with Crippen LogP contribution >= 0.6 is 0 Å². The van der Waals surface area contributed by atoms with Crippen LogP contribution in [0.1, 0.15) is 72.6 Å². The Kier molecular flexibility index (Phi) is 6.10. The minimum atomic E-state index is -0.0303. The lowest BCUT2D eigenvalue weighted by Crippen LogP contribution is -2.60. The molecule has 3 unspecified atom stereocenters. The summed E-state index contributed by atoms with van der Waals surface area (Å²) in [7, 11) is 0. The van der Waals surface area contributed by atoms with Gasteiger partial charge in [-0.05, 0) is 75.5 Å². The second kappa shape index (κ2) is 7.43. The van der Waals surface area contributed by atoms with Gasteiger partial charge in [-0.25, -0.2) is 0 Å². The molecular weight excluding hydrogens is 260 g/mol. The van der Waals surface area contributed by atoms with Gasteiger partial charge in [0.1, 0.15) is 0 Å². The van der Waals surface area contributed by atoms with E-state index < -0.39 is 0 Å². The average molecular weight is 296 g/mol. The average Bonchev–Trinajstić information content (AvgIpc) is 2.42. The Labute approximate surface area is 131 Å². The monoisotopic (exact) mass is 296 g/mol. The van der Waals surface area contributed by atoms with Crippen LogP contribution in [0.15, 0.2) is 0 Å². The Morgan fingerprint density at radius 1 is 1.05 bits per heavy atom. The van der Waals surface area contributed by atoms with E-state index in [0.29, 0.717) is 12.0 Å². The van der Waals surface area contributed by atoms with Gasteiger partial charge in [0.05, 0.1) is 11.6 Å². The lowest BCUT2D eigenvalue weighted by molar-refractivity contribution is -0.114. The highest BCUT2D eigenvalue weighted by molar-refractivity contribution is 5.00. The van der Waals surface area contributed by atoms with E-state index in [2.05, 4.69) is 33.1 Å². The highest BCUT2D eigenvalue weighted by Gasteiger charge is 2.46. The van der Waals surface area contributed by atoms with Gasteiger partial charge in [-0.15, -0.1) is 0 Å². The van der Waals surface area contributed by atoms with Crippen LogP contribution in [-0.2, 0) is 4.74 Å². The fourth-order valence-corrected chi connectivity index (χ4v) is 5.08. The standard InChI is InChI=1S/C18H36N2O/c1-5-21-18(8-6-13(2)7-9-18)17(20-19)16-11-14(3)10-15(4)12-16/h13-17,20H,5-12,19H2,1-4H3. The summed E-state index contributed by atoms with van der Waals surface area (Å²) in [6, 6.07) is 0.315. The molecule has 0 radical (unpaired) electrons. The molecule has 21 heavy (non-hydrogen) atoms. The van der Waals surface area contributed by atoms with Gasteiger partial charge in [-0.2, -0.15) is 0 Å². The zero-order chi connectivity index (χ0) is 15.5. The van der Waals surface area contributed by atoms with Gasteiger partial charge in [0, 0.05) is 6.61 Å². The van der Waals surface area contributed by atoms with Gasteiger partial charge in [-0.1, -0.05) is 20.8 Å². The van der Waals surface area contributed by atoms with Crippen LogP contribution in [0.5, 0.6) is 0 Å². The summed E-state index contributed by atoms with van der Waals surface area (Å²) >= 11 is 0. The van der Waals surface area contributed by atoms with Crippen LogP contribution in [0.2, 0.25) is 0 Å². The zero-order valence-corrected chi connectivity index (χ0v) is 14.5. The molecule has 124 valence electrons. The van der Waals surface area contributed by atoms with Crippen molar-refractivity contribution in [2.45, 2.75) is 84.3 Å². The first-order chi connectivity index (χ1) is 10.0. The van der Waals surface area contributed by atoms with Crippen molar-refractivity contribution in [2.24, 2.45) is 29.5 Å². The molecule has 0 spiro atoms. The summed E-state index contributed by atoms with van der Waals surface area (Å²) in [5, 5.41) is 0. The Bertz CT molecular complexity index is 302. The smallest absolute Gasteiger partial charge is 0.0850 e. The third-order valence-corrected chi connectivity index (χ3v) is 5.99. The topological polar surface area (TPSA) is 47.3 Å². The zero-order valence-electron chi connectivity index (χ0n) is 14.5. The van der Waals surface area contributed by atoms with Crippen molar-refractivity contribution in [3.8, 4) is 0 Å². The first-order valence-electron chi connectivity index (χ1n) is 9.10. The van der Waals surface area contributed by atoms with Crippen molar-refractivity contribution in [3.05, 3.63) is 0 Å². The number of nitrogens with two attached hydrogens (primary N) is 1. The fraction of sp³-hybridized carbons (Fsp3) is 1.00. The lowest BCUT2D eigenvalue weighted by atomic mass is 9.66. The van der Waals surface area contributed by atoms with Crippen LogP contribution in [-0.4, -0.2) is 18.2 Å². The molecule has 0 bridgehead atoms. The van der Waals surface area contributed by atoms with Gasteiger partial charge in [-0.3, -0.25) is 11.3 Å². The number of hydrogen-bond acceptors (Lipinski definition) is 3. The molecule has 0 heterocycles. The second-order valence-corrected chi connectivity index (χ2v) is 8.00. The molecule has 2 rings (SSSR count). The molecule has 0 amide bonds. The number of rotatable bonds is 5. The third kappa shape index (κ3) is 4.00. The van der Waals surface area contributed by atoms with Gasteiger partial charge < -0.3 is 4.74 Å². The quantitative estimate of drug-likeness (QED) is 0.598. The van der Waals surface area contributed by atoms with Gasteiger partial charge >= 0.3 is 0 Å². The normalized spacial score (nSPS) is 42.7. The van der Waals surface area contributed by atoms with E-state index in [0.717, 1.165) is 37.2 Å². The van der Waals surface area contributed by atoms with Crippen molar-refractivity contribution in [1.82, 2.24) is 5.43 Å². The minimum Gasteiger partial charge on any atom is -0.374 e. The van der Waals surface area contributed by atoms with E-state index in [4.69, 9.17) is 10.6 Å². The second-order valence-electron chi connectivity index (χ2n) is 8.00.